The molecule has 3 aromatic rings. The van der Waals surface area contributed by atoms with Gasteiger partial charge in [-0.3, -0.25) is 13.9 Å². The van der Waals surface area contributed by atoms with E-state index in [2.05, 4.69) is 5.32 Å². The average molecular weight is 578 g/mol. The number of benzene rings is 3. The molecule has 0 saturated heterocycles. The second kappa shape index (κ2) is 14.3. The van der Waals surface area contributed by atoms with Gasteiger partial charge in [-0.2, -0.15) is 0 Å². The lowest BCUT2D eigenvalue weighted by molar-refractivity contribution is -0.139. The van der Waals surface area contributed by atoms with Crippen LogP contribution in [-0.2, 0) is 26.0 Å². The summed E-state index contributed by atoms with van der Waals surface area (Å²) in [4.78, 5) is 29.2. The van der Waals surface area contributed by atoms with Gasteiger partial charge in [0.15, 0.2) is 0 Å². The van der Waals surface area contributed by atoms with Gasteiger partial charge in [-0.1, -0.05) is 74.0 Å². The molecule has 1 N–H and O–H groups in total. The van der Waals surface area contributed by atoms with Crippen LogP contribution in [0.4, 0.5) is 5.69 Å². The maximum atomic E-state index is 14.2. The Morgan fingerprint density at radius 2 is 1.49 bits per heavy atom. The maximum absolute atomic E-state index is 14.2. The minimum absolute atomic E-state index is 0.0454. The number of hydrogen-bond acceptors (Lipinski definition) is 4. The average Bonchev–Trinajstić information content (AvgIpc) is 2.95. The summed E-state index contributed by atoms with van der Waals surface area (Å²) in [5, 5.41) is 3.01. The molecule has 3 rings (SSSR count). The van der Waals surface area contributed by atoms with Crippen molar-refractivity contribution >= 4 is 27.5 Å². The van der Waals surface area contributed by atoms with E-state index in [0.717, 1.165) is 28.7 Å². The maximum Gasteiger partial charge on any atom is 0.264 e. The van der Waals surface area contributed by atoms with Crippen molar-refractivity contribution in [2.45, 2.75) is 77.8 Å². The zero-order chi connectivity index (χ0) is 30.2. The number of amides is 2. The van der Waals surface area contributed by atoms with Gasteiger partial charge >= 0.3 is 0 Å². The van der Waals surface area contributed by atoms with E-state index in [1.807, 2.05) is 84.0 Å². The number of nitrogens with one attached hydrogen (secondary N) is 1. The highest BCUT2D eigenvalue weighted by molar-refractivity contribution is 7.92. The number of carbonyl (C=O) groups excluding carboxylic acids is 2. The lowest BCUT2D eigenvalue weighted by Gasteiger charge is -2.34. The highest BCUT2D eigenvalue weighted by Gasteiger charge is 2.34. The third-order valence-electron chi connectivity index (χ3n) is 7.39. The fourth-order valence-electron chi connectivity index (χ4n) is 4.68. The fourth-order valence-corrected chi connectivity index (χ4v) is 6.15. The number of anilines is 1. The molecule has 2 amide bonds. The van der Waals surface area contributed by atoms with Crippen molar-refractivity contribution in [1.29, 1.82) is 0 Å². The molecular formula is C33H43N3O4S. The first-order valence-electron chi connectivity index (χ1n) is 14.3. The van der Waals surface area contributed by atoms with E-state index in [1.165, 1.54) is 4.31 Å². The third-order valence-corrected chi connectivity index (χ3v) is 9.17. The van der Waals surface area contributed by atoms with E-state index >= 15 is 0 Å². The zero-order valence-corrected chi connectivity index (χ0v) is 25.9. The van der Waals surface area contributed by atoms with Crippen LogP contribution in [0.3, 0.4) is 0 Å². The van der Waals surface area contributed by atoms with E-state index in [0.29, 0.717) is 18.5 Å². The van der Waals surface area contributed by atoms with Crippen molar-refractivity contribution in [2.75, 3.05) is 17.4 Å². The van der Waals surface area contributed by atoms with Gasteiger partial charge in [0.1, 0.15) is 12.6 Å². The first kappa shape index (κ1) is 31.9. The van der Waals surface area contributed by atoms with Crippen LogP contribution in [0.2, 0.25) is 0 Å². The van der Waals surface area contributed by atoms with Crippen LogP contribution < -0.4 is 9.62 Å². The highest BCUT2D eigenvalue weighted by atomic mass is 32.2. The second-order valence-corrected chi connectivity index (χ2v) is 12.5. The molecular weight excluding hydrogens is 534 g/mol. The Bertz CT molecular complexity index is 1420. The lowest BCUT2D eigenvalue weighted by Crippen LogP contribution is -2.54. The van der Waals surface area contributed by atoms with E-state index in [4.69, 9.17) is 0 Å². The summed E-state index contributed by atoms with van der Waals surface area (Å²) < 4.78 is 29.3. The van der Waals surface area contributed by atoms with E-state index in [1.54, 1.807) is 35.2 Å². The first-order chi connectivity index (χ1) is 19.5. The van der Waals surface area contributed by atoms with Gasteiger partial charge in [-0.05, 0) is 81.8 Å². The Balaban J connectivity index is 2.05. The van der Waals surface area contributed by atoms with Crippen LogP contribution in [0, 0.1) is 20.8 Å². The summed E-state index contributed by atoms with van der Waals surface area (Å²) in [6.45, 7) is 11.2. The van der Waals surface area contributed by atoms with Crippen LogP contribution in [-0.4, -0.2) is 50.3 Å². The summed E-state index contributed by atoms with van der Waals surface area (Å²) in [7, 11) is -4.10. The molecule has 0 fully saturated rings. The predicted molar refractivity (Wildman–Crippen MR) is 165 cm³/mol. The number of nitrogens with zero attached hydrogens (tertiary/aromatic N) is 2. The summed E-state index contributed by atoms with van der Waals surface area (Å²) in [5.74, 6) is -0.661. The van der Waals surface area contributed by atoms with Crippen LogP contribution >= 0.6 is 0 Å². The van der Waals surface area contributed by atoms with Crippen LogP contribution in [0.25, 0.3) is 0 Å². The fraction of sp³-hybridized carbons (Fsp3) is 0.394. The lowest BCUT2D eigenvalue weighted by atomic mass is 10.1. The molecule has 0 aliphatic carbocycles. The van der Waals surface area contributed by atoms with Crippen LogP contribution in [0.5, 0.6) is 0 Å². The smallest absolute Gasteiger partial charge is 0.264 e. The van der Waals surface area contributed by atoms with E-state index in [9.17, 15) is 18.0 Å². The van der Waals surface area contributed by atoms with E-state index < -0.39 is 28.5 Å². The molecule has 0 spiro atoms. The van der Waals surface area contributed by atoms with Gasteiger partial charge in [0.05, 0.1) is 10.6 Å². The van der Waals surface area contributed by atoms with Gasteiger partial charge in [-0.15, -0.1) is 0 Å². The Kier molecular flexibility index (Phi) is 11.1. The van der Waals surface area contributed by atoms with Gasteiger partial charge in [0.2, 0.25) is 11.8 Å². The number of rotatable bonds is 13. The molecule has 0 aliphatic rings. The summed E-state index contributed by atoms with van der Waals surface area (Å²) in [6.07, 6.45) is 1.69. The molecule has 0 unspecified atom stereocenters. The number of hydrogen-bond donors (Lipinski definition) is 1. The molecule has 0 saturated carbocycles. The summed E-state index contributed by atoms with van der Waals surface area (Å²) in [6, 6.07) is 21.2. The third kappa shape index (κ3) is 8.19. The van der Waals surface area contributed by atoms with E-state index in [-0.39, 0.29) is 23.4 Å². The standard InChI is InChI=1S/C33H43N3O4S/c1-7-27(6)34-33(38)30(8-2)35(21-20-28-12-10-9-11-13-28)32(37)23-36(31-22-25(4)14-17-26(31)5)41(39,40)29-18-15-24(3)16-19-29/h9-19,22,27,30H,7-8,20-21,23H2,1-6H3,(H,34,38)/t27-,30-/m1/s1. The Hall–Kier alpha value is -3.65. The van der Waals surface area contributed by atoms with Gasteiger partial charge in [0, 0.05) is 12.6 Å². The number of aryl methyl sites for hydroxylation is 3. The van der Waals surface area contributed by atoms with Crippen molar-refractivity contribution in [3.63, 3.8) is 0 Å². The van der Waals surface area contributed by atoms with Crippen molar-refractivity contribution < 1.29 is 18.0 Å². The summed E-state index contributed by atoms with van der Waals surface area (Å²) >= 11 is 0. The van der Waals surface area contributed by atoms with Crippen molar-refractivity contribution in [2.24, 2.45) is 0 Å². The molecule has 0 radical (unpaired) electrons. The molecule has 8 heteroatoms. The molecule has 0 heterocycles. The number of sulfonamides is 1. The molecule has 220 valence electrons. The predicted octanol–water partition coefficient (Wildman–Crippen LogP) is 5.57. The minimum Gasteiger partial charge on any atom is -0.352 e. The SMILES string of the molecule is CC[C@@H](C)NC(=O)[C@@H](CC)N(CCc1ccccc1)C(=O)CN(c1cc(C)ccc1C)S(=O)(=O)c1ccc(C)cc1. The minimum atomic E-state index is -4.10. The molecule has 3 aromatic carbocycles. The Morgan fingerprint density at radius 3 is 2.10 bits per heavy atom. The molecule has 7 nitrogen and oxygen atoms in total. The molecule has 0 aromatic heterocycles. The first-order valence-corrected chi connectivity index (χ1v) is 15.7. The zero-order valence-electron chi connectivity index (χ0n) is 25.1. The van der Waals surface area contributed by atoms with Gasteiger partial charge in [0.25, 0.3) is 10.0 Å². The summed E-state index contributed by atoms with van der Waals surface area (Å²) in [5.41, 5.74) is 4.02. The normalized spacial score (nSPS) is 12.8. The monoisotopic (exact) mass is 577 g/mol. The van der Waals surface area contributed by atoms with Gasteiger partial charge in [-0.25, -0.2) is 8.42 Å². The van der Waals surface area contributed by atoms with Gasteiger partial charge < -0.3 is 10.2 Å². The topological polar surface area (TPSA) is 86.8 Å². The van der Waals surface area contributed by atoms with Crippen molar-refractivity contribution in [3.05, 3.63) is 95.1 Å². The molecule has 0 bridgehead atoms. The van der Waals surface area contributed by atoms with Crippen LogP contribution in [0.15, 0.2) is 77.7 Å². The Morgan fingerprint density at radius 1 is 0.854 bits per heavy atom. The second-order valence-electron chi connectivity index (χ2n) is 10.7. The molecule has 2 atom stereocenters. The quantitative estimate of drug-likeness (QED) is 0.288. The van der Waals surface area contributed by atoms with Crippen molar-refractivity contribution in [3.8, 4) is 0 Å². The van der Waals surface area contributed by atoms with Crippen LogP contribution in [0.1, 0.15) is 55.9 Å². The molecule has 41 heavy (non-hydrogen) atoms. The van der Waals surface area contributed by atoms with Crippen molar-refractivity contribution in [1.82, 2.24) is 10.2 Å². The Labute approximate surface area is 245 Å². The highest BCUT2D eigenvalue weighted by Crippen LogP contribution is 2.28. The largest absolute Gasteiger partial charge is 0.352 e. The number of carbonyl (C=O) groups is 2. The molecule has 0 aliphatic heterocycles.